The van der Waals surface area contributed by atoms with E-state index >= 15 is 0 Å². The summed E-state index contributed by atoms with van der Waals surface area (Å²) in [7, 11) is -2.37. The van der Waals surface area contributed by atoms with Gasteiger partial charge in [0.15, 0.2) is 0 Å². The minimum Gasteiger partial charge on any atom is -0.497 e. The molecule has 0 unspecified atom stereocenters. The first-order valence-electron chi connectivity index (χ1n) is 8.61. The number of aliphatic hydroxyl groups is 1. The van der Waals surface area contributed by atoms with E-state index in [0.717, 1.165) is 15.2 Å². The van der Waals surface area contributed by atoms with Crippen molar-refractivity contribution in [2.75, 3.05) is 20.3 Å². The van der Waals surface area contributed by atoms with Crippen molar-refractivity contribution >= 4 is 32.8 Å². The Kier molecular flexibility index (Phi) is 4.44. The molecular formula is C20H18N2O5S. The zero-order valence-corrected chi connectivity index (χ0v) is 15.9. The molecule has 8 heteroatoms. The van der Waals surface area contributed by atoms with Crippen LogP contribution >= 0.6 is 0 Å². The number of fused-ring (bicyclic) bond motifs is 2. The molecule has 0 saturated heterocycles. The zero-order valence-electron chi connectivity index (χ0n) is 15.0. The molecule has 4 rings (SSSR count). The average molecular weight is 398 g/mol. The number of aromatic amines is 1. The van der Waals surface area contributed by atoms with Gasteiger partial charge in [-0.2, -0.15) is 0 Å². The number of allylic oxidation sites excluding steroid dienone is 1. The highest BCUT2D eigenvalue weighted by molar-refractivity contribution is 7.89. The van der Waals surface area contributed by atoms with Crippen molar-refractivity contribution in [3.8, 4) is 5.75 Å². The van der Waals surface area contributed by atoms with Crippen LogP contribution in [0.4, 0.5) is 0 Å². The maximum atomic E-state index is 13.1. The number of sulfonamides is 1. The fourth-order valence-corrected chi connectivity index (χ4v) is 5.01. The Labute approximate surface area is 161 Å². The Morgan fingerprint density at radius 1 is 1.21 bits per heavy atom. The Balaban J connectivity index is 1.91. The van der Waals surface area contributed by atoms with Crippen molar-refractivity contribution in [2.45, 2.75) is 4.90 Å². The van der Waals surface area contributed by atoms with Gasteiger partial charge in [-0.15, -0.1) is 0 Å². The van der Waals surface area contributed by atoms with Crippen LogP contribution in [0.1, 0.15) is 15.9 Å². The second-order valence-corrected chi connectivity index (χ2v) is 8.14. The first kappa shape index (κ1) is 18.3. The summed E-state index contributed by atoms with van der Waals surface area (Å²) in [5, 5.41) is 10.2. The molecule has 0 aliphatic carbocycles. The van der Waals surface area contributed by atoms with Gasteiger partial charge in [0.25, 0.3) is 10.0 Å². The highest BCUT2D eigenvalue weighted by Gasteiger charge is 2.38. The molecular weight excluding hydrogens is 380 g/mol. The second kappa shape index (κ2) is 6.81. The molecule has 0 fully saturated rings. The van der Waals surface area contributed by atoms with Gasteiger partial charge in [0.05, 0.1) is 25.2 Å². The Hall–Kier alpha value is -3.10. The van der Waals surface area contributed by atoms with Gasteiger partial charge < -0.3 is 14.8 Å². The summed E-state index contributed by atoms with van der Waals surface area (Å²) < 4.78 is 32.2. The normalized spacial score (nSPS) is 17.1. The van der Waals surface area contributed by atoms with Crippen molar-refractivity contribution < 1.29 is 23.1 Å². The van der Waals surface area contributed by atoms with E-state index < -0.39 is 22.4 Å². The van der Waals surface area contributed by atoms with Gasteiger partial charge in [-0.1, -0.05) is 12.1 Å². The van der Waals surface area contributed by atoms with Crippen molar-refractivity contribution in [3.63, 3.8) is 0 Å². The highest BCUT2D eigenvalue weighted by Crippen LogP contribution is 2.34. The molecule has 0 saturated carbocycles. The summed E-state index contributed by atoms with van der Waals surface area (Å²) >= 11 is 0. The monoisotopic (exact) mass is 398 g/mol. The van der Waals surface area contributed by atoms with Crippen molar-refractivity contribution in [2.24, 2.45) is 0 Å². The molecule has 3 aromatic rings. The van der Waals surface area contributed by atoms with Crippen LogP contribution in [0.3, 0.4) is 0 Å². The lowest BCUT2D eigenvalue weighted by molar-refractivity contribution is 0.0998. The van der Waals surface area contributed by atoms with E-state index in [1.165, 1.54) is 18.2 Å². The number of nitrogens with zero attached hydrogens (tertiary/aromatic N) is 1. The predicted molar refractivity (Wildman–Crippen MR) is 105 cm³/mol. The number of hydrogen-bond donors (Lipinski definition) is 2. The molecule has 0 atom stereocenters. The van der Waals surface area contributed by atoms with Crippen molar-refractivity contribution in [1.82, 2.24) is 9.29 Å². The van der Waals surface area contributed by atoms with Crippen LogP contribution < -0.4 is 4.74 Å². The number of nitrogens with one attached hydrogen (secondary N) is 1. The topological polar surface area (TPSA) is 99.7 Å². The van der Waals surface area contributed by atoms with E-state index in [-0.39, 0.29) is 22.7 Å². The molecule has 1 aromatic heterocycles. The molecule has 28 heavy (non-hydrogen) atoms. The fraction of sp³-hybridized carbons (Fsp3) is 0.150. The third kappa shape index (κ3) is 2.78. The predicted octanol–water partition coefficient (Wildman–Crippen LogP) is 2.40. The number of hydrogen-bond acceptors (Lipinski definition) is 5. The molecule has 144 valence electrons. The molecule has 2 N–H and O–H groups in total. The molecule has 7 nitrogen and oxygen atoms in total. The lowest BCUT2D eigenvalue weighted by Crippen LogP contribution is -2.40. The zero-order chi connectivity index (χ0) is 19.9. The average Bonchev–Trinajstić information content (AvgIpc) is 3.11. The quantitative estimate of drug-likeness (QED) is 0.658. The van der Waals surface area contributed by atoms with Crippen LogP contribution in [0.5, 0.6) is 5.75 Å². The lowest BCUT2D eigenvalue weighted by Gasteiger charge is -2.30. The smallest absolute Gasteiger partial charge is 0.265 e. The number of Topliss-reactive ketones (excluding diaryl/α,β-unsaturated/α-hetero) is 1. The first-order valence-corrected chi connectivity index (χ1v) is 10.1. The van der Waals surface area contributed by atoms with E-state index in [0.29, 0.717) is 11.3 Å². The third-order valence-corrected chi connectivity index (χ3v) is 6.59. The van der Waals surface area contributed by atoms with Gasteiger partial charge in [0.1, 0.15) is 11.4 Å². The summed E-state index contributed by atoms with van der Waals surface area (Å²) in [6.45, 7) is -0.610. The fourth-order valence-electron chi connectivity index (χ4n) is 3.37. The number of aliphatic hydroxyl groups excluding tert-OH is 1. The number of aromatic nitrogens is 1. The van der Waals surface area contributed by atoms with Gasteiger partial charge in [0, 0.05) is 34.3 Å². The largest absolute Gasteiger partial charge is 0.497 e. The van der Waals surface area contributed by atoms with Gasteiger partial charge in [-0.3, -0.25) is 9.10 Å². The van der Waals surface area contributed by atoms with Gasteiger partial charge in [-0.25, -0.2) is 8.42 Å². The van der Waals surface area contributed by atoms with Crippen LogP contribution in [0.25, 0.3) is 17.0 Å². The third-order valence-electron chi connectivity index (χ3n) is 4.72. The van der Waals surface area contributed by atoms with Gasteiger partial charge in [0.2, 0.25) is 5.78 Å². The van der Waals surface area contributed by atoms with E-state index in [1.807, 2.05) is 12.1 Å². The van der Waals surface area contributed by atoms with Crippen molar-refractivity contribution in [3.05, 3.63) is 65.5 Å². The van der Waals surface area contributed by atoms with Crippen LogP contribution in [-0.2, 0) is 10.0 Å². The standard InChI is InChI=1S/C20H18N2O5S/c1-27-14-6-7-15-13(12-21-17(15)11-14)10-18-20(24)16-4-2-3-5-19(16)28(25,26)22(18)8-9-23/h2-7,10-12,21,23H,8-9H2,1H3/b18-10-. The van der Waals surface area contributed by atoms with Crippen LogP contribution in [0.2, 0.25) is 0 Å². The lowest BCUT2D eigenvalue weighted by atomic mass is 10.0. The van der Waals surface area contributed by atoms with Gasteiger partial charge >= 0.3 is 0 Å². The van der Waals surface area contributed by atoms with E-state index in [1.54, 1.807) is 31.5 Å². The summed E-state index contributed by atoms with van der Waals surface area (Å²) in [6, 6.07) is 11.5. The molecule has 2 aromatic carbocycles. The molecule has 2 heterocycles. The van der Waals surface area contributed by atoms with Crippen LogP contribution in [-0.4, -0.2) is 48.9 Å². The maximum absolute atomic E-state index is 13.1. The molecule has 1 aliphatic rings. The van der Waals surface area contributed by atoms with E-state index in [9.17, 15) is 18.3 Å². The molecule has 0 spiro atoms. The number of β-amino-alcohol motifs (C(OH)–C–C–N with tert-alkyl or cyclic N) is 1. The molecule has 0 bridgehead atoms. The molecule has 0 amide bonds. The molecule has 1 aliphatic heterocycles. The maximum Gasteiger partial charge on any atom is 0.265 e. The minimum absolute atomic E-state index is 0.00414. The Morgan fingerprint density at radius 3 is 2.75 bits per heavy atom. The van der Waals surface area contributed by atoms with E-state index in [2.05, 4.69) is 4.98 Å². The number of methoxy groups -OCH3 is 1. The number of carbonyl (C=O) groups is 1. The molecule has 0 radical (unpaired) electrons. The van der Waals surface area contributed by atoms with Crippen LogP contribution in [0.15, 0.2) is 59.3 Å². The number of rotatable bonds is 4. The number of H-pyrrole nitrogens is 1. The second-order valence-electron chi connectivity index (χ2n) is 6.31. The summed E-state index contributed by atoms with van der Waals surface area (Å²) in [5.74, 6) is 0.280. The summed E-state index contributed by atoms with van der Waals surface area (Å²) in [4.78, 5) is 16.1. The minimum atomic E-state index is -3.94. The van der Waals surface area contributed by atoms with Crippen molar-refractivity contribution in [1.29, 1.82) is 0 Å². The Bertz CT molecular complexity index is 1210. The summed E-state index contributed by atoms with van der Waals surface area (Å²) in [6.07, 6.45) is 3.24. The van der Waals surface area contributed by atoms with Crippen LogP contribution in [0, 0.1) is 0 Å². The SMILES string of the molecule is COc1ccc2c(/C=C3/C(=O)c4ccccc4S(=O)(=O)N3CCO)c[nH]c2c1. The van der Waals surface area contributed by atoms with Gasteiger partial charge in [-0.05, 0) is 30.3 Å². The van der Waals surface area contributed by atoms with E-state index in [4.69, 9.17) is 4.74 Å². The first-order chi connectivity index (χ1) is 13.5. The number of benzene rings is 2. The number of carbonyl (C=O) groups excluding carboxylic acids is 1. The highest BCUT2D eigenvalue weighted by atomic mass is 32.2. The number of ketones is 1. The summed E-state index contributed by atoms with van der Waals surface area (Å²) in [5.41, 5.74) is 1.60. The number of ether oxygens (including phenoxy) is 1. The Morgan fingerprint density at radius 2 is 2.00 bits per heavy atom.